The summed E-state index contributed by atoms with van der Waals surface area (Å²) in [5, 5.41) is 3.36. The summed E-state index contributed by atoms with van der Waals surface area (Å²) >= 11 is 0. The summed E-state index contributed by atoms with van der Waals surface area (Å²) < 4.78 is 0. The standard InChI is InChI=1S/C15H23N3O.ClH/c1-12(2)5-6-15(19)18-9-8-17-11-14(18)13-4-3-7-16-10-13;/h3-4,7,10,12,14,17H,5-6,8-9,11H2,1-2H3;1H. The summed E-state index contributed by atoms with van der Waals surface area (Å²) in [5.41, 5.74) is 1.12. The Bertz CT molecular complexity index is 411. The Kier molecular flexibility index (Phi) is 6.96. The molecule has 1 N–H and O–H groups in total. The lowest BCUT2D eigenvalue weighted by molar-refractivity contribution is -0.134. The van der Waals surface area contributed by atoms with Crippen molar-refractivity contribution in [1.82, 2.24) is 15.2 Å². The highest BCUT2D eigenvalue weighted by Gasteiger charge is 2.27. The maximum Gasteiger partial charge on any atom is 0.223 e. The second-order valence-electron chi connectivity index (χ2n) is 5.53. The van der Waals surface area contributed by atoms with Crippen LogP contribution in [0, 0.1) is 5.92 Å². The summed E-state index contributed by atoms with van der Waals surface area (Å²) in [6.07, 6.45) is 5.24. The lowest BCUT2D eigenvalue weighted by Gasteiger charge is -2.36. The van der Waals surface area contributed by atoms with Crippen LogP contribution in [0.5, 0.6) is 0 Å². The molecule has 1 amide bonds. The fraction of sp³-hybridized carbons (Fsp3) is 0.600. The lowest BCUT2D eigenvalue weighted by Crippen LogP contribution is -2.48. The molecule has 112 valence electrons. The molecule has 0 bridgehead atoms. The molecular formula is C15H24ClN3O. The van der Waals surface area contributed by atoms with E-state index < -0.39 is 0 Å². The fourth-order valence-corrected chi connectivity index (χ4v) is 2.43. The number of aromatic nitrogens is 1. The second kappa shape index (κ2) is 8.22. The van der Waals surface area contributed by atoms with Crippen LogP contribution >= 0.6 is 12.4 Å². The van der Waals surface area contributed by atoms with Crippen LogP contribution in [0.3, 0.4) is 0 Å². The van der Waals surface area contributed by atoms with Gasteiger partial charge in [0.15, 0.2) is 0 Å². The van der Waals surface area contributed by atoms with Crippen molar-refractivity contribution in [2.75, 3.05) is 19.6 Å². The van der Waals surface area contributed by atoms with Crippen molar-refractivity contribution in [3.05, 3.63) is 30.1 Å². The van der Waals surface area contributed by atoms with Crippen LogP contribution in [0.15, 0.2) is 24.5 Å². The van der Waals surface area contributed by atoms with Gasteiger partial charge in [0.2, 0.25) is 5.91 Å². The van der Waals surface area contributed by atoms with Crippen molar-refractivity contribution in [1.29, 1.82) is 0 Å². The molecule has 0 aliphatic carbocycles. The van der Waals surface area contributed by atoms with E-state index in [1.807, 2.05) is 23.2 Å². The number of nitrogens with one attached hydrogen (secondary N) is 1. The number of nitrogens with zero attached hydrogens (tertiary/aromatic N) is 2. The molecule has 20 heavy (non-hydrogen) atoms. The molecule has 0 saturated carbocycles. The molecule has 1 unspecified atom stereocenters. The number of hydrogen-bond donors (Lipinski definition) is 1. The molecule has 1 aliphatic rings. The third-order valence-corrected chi connectivity index (χ3v) is 3.57. The summed E-state index contributed by atoms with van der Waals surface area (Å²) in [6.45, 7) is 6.80. The van der Waals surface area contributed by atoms with E-state index in [2.05, 4.69) is 24.1 Å². The van der Waals surface area contributed by atoms with Crippen LogP contribution in [-0.2, 0) is 4.79 Å². The van der Waals surface area contributed by atoms with Crippen molar-refractivity contribution < 1.29 is 4.79 Å². The number of rotatable bonds is 4. The predicted molar refractivity (Wildman–Crippen MR) is 82.9 cm³/mol. The first-order valence-electron chi connectivity index (χ1n) is 7.08. The first-order chi connectivity index (χ1) is 9.18. The van der Waals surface area contributed by atoms with Gasteiger partial charge in [0.25, 0.3) is 0 Å². The van der Waals surface area contributed by atoms with Crippen LogP contribution in [0.2, 0.25) is 0 Å². The summed E-state index contributed by atoms with van der Waals surface area (Å²) in [7, 11) is 0. The molecule has 2 rings (SSSR count). The van der Waals surface area contributed by atoms with E-state index in [0.717, 1.165) is 31.6 Å². The Morgan fingerprint density at radius 3 is 3.00 bits per heavy atom. The van der Waals surface area contributed by atoms with Gasteiger partial charge in [-0.25, -0.2) is 0 Å². The van der Waals surface area contributed by atoms with Gasteiger partial charge >= 0.3 is 0 Å². The van der Waals surface area contributed by atoms with Crippen molar-refractivity contribution in [3.8, 4) is 0 Å². The van der Waals surface area contributed by atoms with Crippen LogP contribution in [0.25, 0.3) is 0 Å². The SMILES string of the molecule is CC(C)CCC(=O)N1CCNCC1c1cccnc1.Cl. The average Bonchev–Trinajstić information content (AvgIpc) is 2.45. The van der Waals surface area contributed by atoms with E-state index in [0.29, 0.717) is 12.3 Å². The van der Waals surface area contributed by atoms with E-state index in [1.54, 1.807) is 6.20 Å². The predicted octanol–water partition coefficient (Wildman–Crippen LogP) is 2.41. The molecule has 4 nitrogen and oxygen atoms in total. The number of piperazine rings is 1. The normalized spacial score (nSPS) is 18.8. The highest BCUT2D eigenvalue weighted by atomic mass is 35.5. The number of hydrogen-bond acceptors (Lipinski definition) is 3. The van der Waals surface area contributed by atoms with Crippen LogP contribution in [-0.4, -0.2) is 35.4 Å². The Labute approximate surface area is 127 Å². The molecule has 0 spiro atoms. The van der Waals surface area contributed by atoms with Crippen LogP contribution in [0.1, 0.15) is 38.3 Å². The molecule has 5 heteroatoms. The molecule has 0 radical (unpaired) electrons. The summed E-state index contributed by atoms with van der Waals surface area (Å²) in [4.78, 5) is 18.5. The molecule has 1 aromatic heterocycles. The van der Waals surface area contributed by atoms with Gasteiger partial charge in [0.1, 0.15) is 0 Å². The number of carbonyl (C=O) groups excluding carboxylic acids is 1. The van der Waals surface area contributed by atoms with E-state index in [9.17, 15) is 4.79 Å². The van der Waals surface area contributed by atoms with Gasteiger partial charge in [0, 0.05) is 38.4 Å². The smallest absolute Gasteiger partial charge is 0.223 e. The van der Waals surface area contributed by atoms with E-state index in [4.69, 9.17) is 0 Å². The minimum absolute atomic E-state index is 0. The highest BCUT2D eigenvalue weighted by molar-refractivity contribution is 5.85. The fourth-order valence-electron chi connectivity index (χ4n) is 2.43. The van der Waals surface area contributed by atoms with Gasteiger partial charge in [-0.15, -0.1) is 12.4 Å². The number of amides is 1. The molecule has 1 saturated heterocycles. The second-order valence-corrected chi connectivity index (χ2v) is 5.53. The van der Waals surface area contributed by atoms with Crippen molar-refractivity contribution in [2.24, 2.45) is 5.92 Å². The zero-order chi connectivity index (χ0) is 13.7. The Balaban J connectivity index is 0.00000200. The molecule has 1 aliphatic heterocycles. The molecule has 1 aromatic rings. The van der Waals surface area contributed by atoms with Gasteiger partial charge in [-0.2, -0.15) is 0 Å². The quantitative estimate of drug-likeness (QED) is 0.928. The maximum absolute atomic E-state index is 12.4. The lowest BCUT2D eigenvalue weighted by atomic mass is 10.0. The first kappa shape index (κ1) is 16.9. The van der Waals surface area contributed by atoms with Crippen molar-refractivity contribution >= 4 is 18.3 Å². The van der Waals surface area contributed by atoms with Gasteiger partial charge in [-0.1, -0.05) is 19.9 Å². The van der Waals surface area contributed by atoms with E-state index >= 15 is 0 Å². The topological polar surface area (TPSA) is 45.2 Å². The third-order valence-electron chi connectivity index (χ3n) is 3.57. The molecule has 0 aromatic carbocycles. The van der Waals surface area contributed by atoms with Gasteiger partial charge in [-0.05, 0) is 24.0 Å². The van der Waals surface area contributed by atoms with Crippen molar-refractivity contribution in [3.63, 3.8) is 0 Å². The van der Waals surface area contributed by atoms with E-state index in [-0.39, 0.29) is 24.4 Å². The molecule has 1 atom stereocenters. The summed E-state index contributed by atoms with van der Waals surface area (Å²) in [6, 6.07) is 4.11. The van der Waals surface area contributed by atoms with E-state index in [1.165, 1.54) is 0 Å². The average molecular weight is 298 g/mol. The molecule has 2 heterocycles. The van der Waals surface area contributed by atoms with Gasteiger partial charge < -0.3 is 10.2 Å². The number of halogens is 1. The monoisotopic (exact) mass is 297 g/mol. The Hall–Kier alpha value is -1.13. The van der Waals surface area contributed by atoms with Crippen LogP contribution in [0.4, 0.5) is 0 Å². The first-order valence-corrected chi connectivity index (χ1v) is 7.08. The zero-order valence-electron chi connectivity index (χ0n) is 12.2. The number of carbonyl (C=O) groups is 1. The van der Waals surface area contributed by atoms with Gasteiger partial charge in [-0.3, -0.25) is 9.78 Å². The molecular weight excluding hydrogens is 274 g/mol. The summed E-state index contributed by atoms with van der Waals surface area (Å²) in [5.74, 6) is 0.841. The Morgan fingerprint density at radius 1 is 1.55 bits per heavy atom. The van der Waals surface area contributed by atoms with Gasteiger partial charge in [0.05, 0.1) is 6.04 Å². The van der Waals surface area contributed by atoms with Crippen molar-refractivity contribution in [2.45, 2.75) is 32.7 Å². The minimum atomic E-state index is 0. The molecule has 1 fully saturated rings. The third kappa shape index (κ3) is 4.46. The Morgan fingerprint density at radius 2 is 2.35 bits per heavy atom. The van der Waals surface area contributed by atoms with Crippen LogP contribution < -0.4 is 5.32 Å². The number of pyridine rings is 1. The zero-order valence-corrected chi connectivity index (χ0v) is 13.0. The minimum Gasteiger partial charge on any atom is -0.333 e. The largest absolute Gasteiger partial charge is 0.333 e. The maximum atomic E-state index is 12.4. The highest BCUT2D eigenvalue weighted by Crippen LogP contribution is 2.22.